The number of aromatic nitrogens is 6. The number of tetrazole rings is 1. The Kier molecular flexibility index (Phi) is 9.10. The van der Waals surface area contributed by atoms with Gasteiger partial charge in [-0.1, -0.05) is 37.5 Å². The Labute approximate surface area is 277 Å². The number of phenolic OH excluding ortho intramolecular Hbond substituents is 1. The molecule has 0 atom stereocenters. The number of benzene rings is 4. The van der Waals surface area contributed by atoms with E-state index in [-0.39, 0.29) is 24.9 Å². The molecular weight excluding hydrogens is 606 g/mol. The zero-order chi connectivity index (χ0) is 32.9. The van der Waals surface area contributed by atoms with Crippen LogP contribution in [-0.4, -0.2) is 59.4 Å². The number of imidazole rings is 1. The highest BCUT2D eigenvalue weighted by Crippen LogP contribution is 2.37. The summed E-state index contributed by atoms with van der Waals surface area (Å²) in [5.41, 5.74) is 6.80. The molecule has 0 saturated heterocycles. The molecule has 4 aromatic carbocycles. The molecule has 11 heteroatoms. The van der Waals surface area contributed by atoms with Crippen molar-refractivity contribution in [3.63, 3.8) is 0 Å². The first-order valence-corrected chi connectivity index (χ1v) is 16.4. The number of nitrogens with one attached hydrogen (secondary N) is 2. The van der Waals surface area contributed by atoms with Crippen LogP contribution in [-0.2, 0) is 6.61 Å². The van der Waals surface area contributed by atoms with Gasteiger partial charge in [-0.3, -0.25) is 4.79 Å². The summed E-state index contributed by atoms with van der Waals surface area (Å²) < 4.78 is 8.69. The fourth-order valence-electron chi connectivity index (χ4n) is 6.49. The standard InChI is InChI=1S/C37H37N7O4/c45-19-5-18-38-37(47)27-12-16-32(25-6-4-9-30(46)21-25)28(20-27)23-48-31-14-10-24(11-15-31)36-39-33-22-26(35-40-42-43-41-35)13-17-34(33)44(36)29-7-2-1-3-8-29/h4,6,9-17,20-22,29,45-46H,1-3,5,7-8,18-19,23H2,(H,38,47)(H,40,41,42,43). The van der Waals surface area contributed by atoms with Crippen LogP contribution in [0.2, 0.25) is 0 Å². The van der Waals surface area contributed by atoms with Gasteiger partial charge >= 0.3 is 0 Å². The molecule has 11 nitrogen and oxygen atoms in total. The maximum atomic E-state index is 12.8. The lowest BCUT2D eigenvalue weighted by molar-refractivity contribution is 0.0951. The highest BCUT2D eigenvalue weighted by Gasteiger charge is 2.23. The summed E-state index contributed by atoms with van der Waals surface area (Å²) in [5, 5.41) is 36.6. The lowest BCUT2D eigenvalue weighted by atomic mass is 9.95. The molecule has 0 bridgehead atoms. The number of aromatic hydroxyl groups is 1. The number of rotatable bonds is 11. The van der Waals surface area contributed by atoms with E-state index in [1.54, 1.807) is 24.3 Å². The molecule has 0 aliphatic heterocycles. The van der Waals surface area contributed by atoms with Gasteiger partial charge in [-0.25, -0.2) is 4.98 Å². The number of aliphatic hydroxyl groups is 1. The van der Waals surface area contributed by atoms with Gasteiger partial charge in [0, 0.05) is 35.9 Å². The van der Waals surface area contributed by atoms with E-state index in [9.17, 15) is 9.90 Å². The van der Waals surface area contributed by atoms with Gasteiger partial charge in [-0.2, -0.15) is 5.21 Å². The van der Waals surface area contributed by atoms with Crippen molar-refractivity contribution in [3.8, 4) is 45.4 Å². The fraction of sp³-hybridized carbons (Fsp3) is 0.270. The van der Waals surface area contributed by atoms with Crippen LogP contribution >= 0.6 is 0 Å². The third-order valence-electron chi connectivity index (χ3n) is 8.88. The van der Waals surface area contributed by atoms with Crippen LogP contribution in [0.3, 0.4) is 0 Å². The van der Waals surface area contributed by atoms with Crippen molar-refractivity contribution in [3.05, 3.63) is 96.1 Å². The van der Waals surface area contributed by atoms with E-state index < -0.39 is 0 Å². The highest BCUT2D eigenvalue weighted by atomic mass is 16.5. The molecular formula is C37H37N7O4. The summed E-state index contributed by atoms with van der Waals surface area (Å²) in [5.74, 6) is 2.07. The minimum absolute atomic E-state index is 0.00986. The molecule has 244 valence electrons. The Morgan fingerprint density at radius 2 is 1.77 bits per heavy atom. The number of phenols is 1. The third kappa shape index (κ3) is 6.63. The molecule has 1 fully saturated rings. The van der Waals surface area contributed by atoms with Crippen LogP contribution in [0.1, 0.15) is 60.5 Å². The second kappa shape index (κ2) is 14.1. The monoisotopic (exact) mass is 643 g/mol. The molecule has 0 radical (unpaired) electrons. The summed E-state index contributed by atoms with van der Waals surface area (Å²) in [6.45, 7) is 0.605. The minimum atomic E-state index is -0.221. The van der Waals surface area contributed by atoms with E-state index in [0.717, 1.165) is 57.5 Å². The summed E-state index contributed by atoms with van der Waals surface area (Å²) in [6, 6.07) is 27.0. The lowest BCUT2D eigenvalue weighted by Crippen LogP contribution is -2.25. The van der Waals surface area contributed by atoms with Crippen molar-refractivity contribution in [1.29, 1.82) is 0 Å². The third-order valence-corrected chi connectivity index (χ3v) is 8.88. The van der Waals surface area contributed by atoms with Gasteiger partial charge in [0.2, 0.25) is 5.82 Å². The molecule has 4 N–H and O–H groups in total. The number of carbonyl (C=O) groups excluding carboxylic acids is 1. The number of ether oxygens (including phenoxy) is 1. The van der Waals surface area contributed by atoms with Crippen LogP contribution in [0.15, 0.2) is 84.9 Å². The van der Waals surface area contributed by atoms with Crippen molar-refractivity contribution < 1.29 is 19.7 Å². The van der Waals surface area contributed by atoms with Gasteiger partial charge in [-0.15, -0.1) is 10.2 Å². The first-order chi connectivity index (χ1) is 23.6. The first kappa shape index (κ1) is 31.1. The quantitative estimate of drug-likeness (QED) is 0.118. The number of aromatic amines is 1. The van der Waals surface area contributed by atoms with E-state index in [2.05, 4.69) is 36.6 Å². The largest absolute Gasteiger partial charge is 0.508 e. The van der Waals surface area contributed by atoms with Crippen LogP contribution in [0, 0.1) is 0 Å². The predicted octanol–water partition coefficient (Wildman–Crippen LogP) is 6.45. The molecule has 1 amide bonds. The van der Waals surface area contributed by atoms with Crippen molar-refractivity contribution >= 4 is 16.9 Å². The number of nitrogens with zero attached hydrogens (tertiary/aromatic N) is 5. The molecule has 2 aromatic heterocycles. The Hall–Kier alpha value is -5.55. The maximum absolute atomic E-state index is 12.8. The van der Waals surface area contributed by atoms with Gasteiger partial charge in [0.25, 0.3) is 5.91 Å². The number of amides is 1. The van der Waals surface area contributed by atoms with E-state index in [1.165, 1.54) is 19.3 Å². The molecule has 1 aliphatic rings. The van der Waals surface area contributed by atoms with Crippen molar-refractivity contribution in [2.24, 2.45) is 0 Å². The number of hydrogen-bond donors (Lipinski definition) is 4. The average molecular weight is 644 g/mol. The van der Waals surface area contributed by atoms with Crippen LogP contribution in [0.5, 0.6) is 11.5 Å². The Morgan fingerprint density at radius 3 is 2.54 bits per heavy atom. The number of fused-ring (bicyclic) bond motifs is 1. The summed E-state index contributed by atoms with van der Waals surface area (Å²) >= 11 is 0. The molecule has 1 saturated carbocycles. The topological polar surface area (TPSA) is 151 Å². The number of carbonyl (C=O) groups is 1. The van der Waals surface area contributed by atoms with Gasteiger partial charge in [-0.05, 0) is 108 Å². The Bertz CT molecular complexity index is 2020. The molecule has 48 heavy (non-hydrogen) atoms. The minimum Gasteiger partial charge on any atom is -0.508 e. The number of hydrogen-bond acceptors (Lipinski definition) is 8. The molecule has 7 rings (SSSR count). The van der Waals surface area contributed by atoms with E-state index in [1.807, 2.05) is 54.6 Å². The van der Waals surface area contributed by atoms with Gasteiger partial charge in [0.15, 0.2) is 0 Å². The average Bonchev–Trinajstić information content (AvgIpc) is 3.80. The summed E-state index contributed by atoms with van der Waals surface area (Å²) in [7, 11) is 0. The van der Waals surface area contributed by atoms with Crippen LogP contribution in [0.25, 0.3) is 44.9 Å². The van der Waals surface area contributed by atoms with Crippen molar-refractivity contribution in [2.45, 2.75) is 51.2 Å². The Morgan fingerprint density at radius 1 is 0.938 bits per heavy atom. The fourth-order valence-corrected chi connectivity index (χ4v) is 6.49. The molecule has 6 aromatic rings. The normalized spacial score (nSPS) is 13.5. The summed E-state index contributed by atoms with van der Waals surface area (Å²) in [4.78, 5) is 17.9. The summed E-state index contributed by atoms with van der Waals surface area (Å²) in [6.07, 6.45) is 6.38. The molecule has 1 aliphatic carbocycles. The molecule has 2 heterocycles. The van der Waals surface area contributed by atoms with Crippen LogP contribution < -0.4 is 10.1 Å². The van der Waals surface area contributed by atoms with Crippen molar-refractivity contribution in [1.82, 2.24) is 35.5 Å². The zero-order valence-electron chi connectivity index (χ0n) is 26.5. The highest BCUT2D eigenvalue weighted by molar-refractivity contribution is 5.95. The molecule has 0 unspecified atom stereocenters. The van der Waals surface area contributed by atoms with E-state index in [0.29, 0.717) is 36.1 Å². The lowest BCUT2D eigenvalue weighted by Gasteiger charge is -2.25. The van der Waals surface area contributed by atoms with Crippen molar-refractivity contribution in [2.75, 3.05) is 13.2 Å². The smallest absolute Gasteiger partial charge is 0.251 e. The van der Waals surface area contributed by atoms with Gasteiger partial charge in [0.05, 0.1) is 11.0 Å². The first-order valence-electron chi connectivity index (χ1n) is 16.4. The number of H-pyrrole nitrogens is 1. The second-order valence-corrected chi connectivity index (χ2v) is 12.1. The van der Waals surface area contributed by atoms with E-state index in [4.69, 9.17) is 14.8 Å². The molecule has 0 spiro atoms. The predicted molar refractivity (Wildman–Crippen MR) is 182 cm³/mol. The van der Waals surface area contributed by atoms with Gasteiger partial charge < -0.3 is 24.8 Å². The maximum Gasteiger partial charge on any atom is 0.251 e. The SMILES string of the molecule is O=C(NCCCO)c1ccc(-c2cccc(O)c2)c(COc2ccc(-c3nc4cc(-c5nn[nH]n5)ccc4n3C3CCCCC3)cc2)c1. The zero-order valence-corrected chi connectivity index (χ0v) is 26.5. The van der Waals surface area contributed by atoms with Crippen LogP contribution in [0.4, 0.5) is 0 Å². The number of aliphatic hydroxyl groups excluding tert-OH is 1. The van der Waals surface area contributed by atoms with Gasteiger partial charge in [0.1, 0.15) is 23.9 Å². The van der Waals surface area contributed by atoms with E-state index >= 15 is 0 Å². The Balaban J connectivity index is 1.17. The second-order valence-electron chi connectivity index (χ2n) is 12.1.